The molecule has 1 saturated heterocycles. The van der Waals surface area contributed by atoms with Crippen molar-refractivity contribution in [2.75, 3.05) is 0 Å². The minimum atomic E-state index is -0.355. The number of amides is 2. The van der Waals surface area contributed by atoms with Gasteiger partial charge in [-0.15, -0.1) is 11.3 Å². The number of likely N-dealkylation sites (tertiary alicyclic amines) is 1. The summed E-state index contributed by atoms with van der Waals surface area (Å²) in [7, 11) is 0. The summed E-state index contributed by atoms with van der Waals surface area (Å²) in [6.07, 6.45) is 7.51. The van der Waals surface area contributed by atoms with Crippen LogP contribution in [0.3, 0.4) is 0 Å². The van der Waals surface area contributed by atoms with E-state index in [1.165, 1.54) is 11.3 Å². The molecule has 6 heteroatoms. The molecule has 2 fully saturated rings. The predicted molar refractivity (Wildman–Crippen MR) is 76.1 cm³/mol. The van der Waals surface area contributed by atoms with Crippen LogP contribution in [0, 0.1) is 0 Å². The van der Waals surface area contributed by atoms with Crippen LogP contribution in [0.1, 0.15) is 43.4 Å². The zero-order valence-corrected chi connectivity index (χ0v) is 12.2. The molecule has 1 N–H and O–H groups in total. The zero-order chi connectivity index (χ0) is 13.9. The van der Waals surface area contributed by atoms with Gasteiger partial charge >= 0.3 is 0 Å². The molecule has 0 bridgehead atoms. The number of carbonyl (C=O) groups excluding carboxylic acids is 2. The molecule has 1 atom stereocenters. The van der Waals surface area contributed by atoms with Crippen LogP contribution in [0.2, 0.25) is 0 Å². The highest BCUT2D eigenvalue weighted by Crippen LogP contribution is 2.27. The molecular formula is C14H19N3O2S. The van der Waals surface area contributed by atoms with Gasteiger partial charge in [-0.1, -0.05) is 19.3 Å². The number of hydrogen-bond acceptors (Lipinski definition) is 5. The normalized spacial score (nSPS) is 24.6. The van der Waals surface area contributed by atoms with Crippen LogP contribution in [0.4, 0.5) is 0 Å². The number of thiazole rings is 1. The second kappa shape index (κ2) is 6.01. The summed E-state index contributed by atoms with van der Waals surface area (Å²) in [6.45, 7) is 0.604. The lowest BCUT2D eigenvalue weighted by atomic mass is 9.94. The molecule has 20 heavy (non-hydrogen) atoms. The summed E-state index contributed by atoms with van der Waals surface area (Å²) in [6, 6.07) is -0.217. The summed E-state index contributed by atoms with van der Waals surface area (Å²) >= 11 is 1.55. The van der Waals surface area contributed by atoms with Gasteiger partial charge in [-0.2, -0.15) is 0 Å². The molecule has 2 heterocycles. The number of imide groups is 1. The van der Waals surface area contributed by atoms with Crippen LogP contribution in [0.5, 0.6) is 0 Å². The predicted octanol–water partition coefficient (Wildman–Crippen LogP) is 1.69. The first kappa shape index (κ1) is 13.7. The van der Waals surface area contributed by atoms with Gasteiger partial charge < -0.3 is 5.32 Å². The van der Waals surface area contributed by atoms with E-state index in [1.54, 1.807) is 23.0 Å². The number of aromatic nitrogens is 1. The molecule has 1 aliphatic carbocycles. The van der Waals surface area contributed by atoms with E-state index in [9.17, 15) is 9.59 Å². The molecule has 1 aliphatic heterocycles. The van der Waals surface area contributed by atoms with E-state index >= 15 is 0 Å². The van der Waals surface area contributed by atoms with Gasteiger partial charge in [0.25, 0.3) is 0 Å². The quantitative estimate of drug-likeness (QED) is 0.858. The fourth-order valence-electron chi connectivity index (χ4n) is 3.09. The molecular weight excluding hydrogens is 274 g/mol. The first-order valence-corrected chi connectivity index (χ1v) is 8.10. The lowest BCUT2D eigenvalue weighted by molar-refractivity contribution is -0.142. The Kier molecular flexibility index (Phi) is 4.12. The second-order valence-corrected chi connectivity index (χ2v) is 6.47. The van der Waals surface area contributed by atoms with Gasteiger partial charge in [0.05, 0.1) is 18.0 Å². The summed E-state index contributed by atoms with van der Waals surface area (Å²) in [5.41, 5.74) is 1.77. The number of nitrogens with one attached hydrogen (secondary N) is 1. The van der Waals surface area contributed by atoms with Gasteiger partial charge in [-0.3, -0.25) is 19.5 Å². The minimum absolute atomic E-state index is 0.0105. The Hall–Kier alpha value is -1.27. The van der Waals surface area contributed by atoms with Gasteiger partial charge in [0.1, 0.15) is 0 Å². The van der Waals surface area contributed by atoms with Crippen LogP contribution in [0.25, 0.3) is 0 Å². The van der Waals surface area contributed by atoms with E-state index in [0.29, 0.717) is 13.0 Å². The third kappa shape index (κ3) is 2.76. The minimum Gasteiger partial charge on any atom is -0.300 e. The van der Waals surface area contributed by atoms with Gasteiger partial charge in [0.15, 0.2) is 0 Å². The highest BCUT2D eigenvalue weighted by molar-refractivity contribution is 7.09. The highest BCUT2D eigenvalue weighted by Gasteiger charge is 2.42. The van der Waals surface area contributed by atoms with Crippen LogP contribution >= 0.6 is 11.3 Å². The van der Waals surface area contributed by atoms with Gasteiger partial charge in [0, 0.05) is 23.7 Å². The average Bonchev–Trinajstić information content (AvgIpc) is 3.06. The summed E-state index contributed by atoms with van der Waals surface area (Å²) < 4.78 is 0. The van der Waals surface area contributed by atoms with Crippen molar-refractivity contribution in [3.63, 3.8) is 0 Å². The van der Waals surface area contributed by atoms with Crippen molar-refractivity contribution >= 4 is 23.2 Å². The van der Waals surface area contributed by atoms with Crippen LogP contribution < -0.4 is 5.32 Å². The molecule has 1 aromatic rings. The van der Waals surface area contributed by atoms with Crippen LogP contribution in [-0.2, 0) is 16.1 Å². The van der Waals surface area contributed by atoms with Crippen molar-refractivity contribution in [2.45, 2.75) is 57.2 Å². The number of hydrogen-bond donors (Lipinski definition) is 1. The first-order chi connectivity index (χ1) is 9.75. The fourth-order valence-corrected chi connectivity index (χ4v) is 3.63. The van der Waals surface area contributed by atoms with Gasteiger partial charge in [-0.25, -0.2) is 0 Å². The molecule has 2 aliphatic rings. The Morgan fingerprint density at radius 3 is 2.80 bits per heavy atom. The van der Waals surface area contributed by atoms with Crippen molar-refractivity contribution in [3.8, 4) is 0 Å². The van der Waals surface area contributed by atoms with E-state index in [2.05, 4.69) is 10.3 Å². The van der Waals surface area contributed by atoms with Crippen LogP contribution in [-0.4, -0.2) is 33.8 Å². The Morgan fingerprint density at radius 2 is 2.10 bits per heavy atom. The maximum Gasteiger partial charge on any atom is 0.247 e. The topological polar surface area (TPSA) is 62.3 Å². The SMILES string of the molecule is O=C1CC(NCc2cncs2)C(=O)N1C1CCCCC1. The third-order valence-corrected chi connectivity index (χ3v) is 4.91. The van der Waals surface area contributed by atoms with Gasteiger partial charge in [0.2, 0.25) is 11.8 Å². The Bertz CT molecular complexity index is 483. The average molecular weight is 293 g/mol. The largest absolute Gasteiger partial charge is 0.300 e. The third-order valence-electron chi connectivity index (χ3n) is 4.13. The Balaban J connectivity index is 1.60. The van der Waals surface area contributed by atoms with Gasteiger partial charge in [-0.05, 0) is 12.8 Å². The lowest BCUT2D eigenvalue weighted by Crippen LogP contribution is -2.44. The molecule has 2 amide bonds. The molecule has 1 aromatic heterocycles. The Labute approximate surface area is 122 Å². The summed E-state index contributed by atoms with van der Waals surface area (Å²) in [4.78, 5) is 31.1. The van der Waals surface area contributed by atoms with E-state index in [4.69, 9.17) is 0 Å². The van der Waals surface area contributed by atoms with Crippen LogP contribution in [0.15, 0.2) is 11.7 Å². The molecule has 5 nitrogen and oxygen atoms in total. The maximum absolute atomic E-state index is 12.4. The first-order valence-electron chi connectivity index (χ1n) is 7.22. The molecule has 1 saturated carbocycles. The van der Waals surface area contributed by atoms with E-state index in [-0.39, 0.29) is 23.9 Å². The van der Waals surface area contributed by atoms with Crippen molar-refractivity contribution in [1.29, 1.82) is 0 Å². The van der Waals surface area contributed by atoms with E-state index in [1.807, 2.05) is 0 Å². The number of nitrogens with zero attached hydrogens (tertiary/aromatic N) is 2. The number of carbonyl (C=O) groups is 2. The number of rotatable bonds is 4. The summed E-state index contributed by atoms with van der Waals surface area (Å²) in [5, 5.41) is 3.19. The molecule has 0 aromatic carbocycles. The smallest absolute Gasteiger partial charge is 0.247 e. The monoisotopic (exact) mass is 293 g/mol. The highest BCUT2D eigenvalue weighted by atomic mass is 32.1. The maximum atomic E-state index is 12.4. The Morgan fingerprint density at radius 1 is 1.30 bits per heavy atom. The summed E-state index contributed by atoms with van der Waals surface area (Å²) in [5.74, 6) is -0.0462. The van der Waals surface area contributed by atoms with E-state index in [0.717, 1.165) is 30.6 Å². The van der Waals surface area contributed by atoms with Crippen molar-refractivity contribution in [2.24, 2.45) is 0 Å². The van der Waals surface area contributed by atoms with Crippen molar-refractivity contribution in [3.05, 3.63) is 16.6 Å². The lowest BCUT2D eigenvalue weighted by Gasteiger charge is -2.29. The van der Waals surface area contributed by atoms with Crippen molar-refractivity contribution in [1.82, 2.24) is 15.2 Å². The molecule has 0 spiro atoms. The zero-order valence-electron chi connectivity index (χ0n) is 11.4. The molecule has 3 rings (SSSR count). The molecule has 0 radical (unpaired) electrons. The molecule has 1 unspecified atom stereocenters. The second-order valence-electron chi connectivity index (χ2n) is 5.50. The molecule has 108 valence electrons. The van der Waals surface area contributed by atoms with Crippen molar-refractivity contribution < 1.29 is 9.59 Å². The fraction of sp³-hybridized carbons (Fsp3) is 0.643. The van der Waals surface area contributed by atoms with E-state index < -0.39 is 0 Å². The standard InChI is InChI=1S/C14H19N3O2S/c18-13-6-12(16-8-11-7-15-9-20-11)14(19)17(13)10-4-2-1-3-5-10/h7,9-10,12,16H,1-6,8H2.